The Hall–Kier alpha value is -1.56. The molecular weight excluding hydrogens is 262 g/mol. The number of thioether (sulfide) groups is 1. The Morgan fingerprint density at radius 2 is 2.53 bits per heavy atom. The molecule has 6 heteroatoms. The first kappa shape index (κ1) is 12.5. The van der Waals surface area contributed by atoms with E-state index in [2.05, 4.69) is 10.1 Å². The second kappa shape index (κ2) is 5.21. The maximum Gasteiger partial charge on any atom is 0.338 e. The van der Waals surface area contributed by atoms with Crippen molar-refractivity contribution in [3.63, 3.8) is 0 Å². The van der Waals surface area contributed by atoms with E-state index in [1.807, 2.05) is 11.8 Å². The molecule has 3 rings (SSSR count). The number of ether oxygens (including phenoxy) is 1. The summed E-state index contributed by atoms with van der Waals surface area (Å²) in [5.74, 6) is 3.63. The second-order valence-electron chi connectivity index (χ2n) is 4.67. The van der Waals surface area contributed by atoms with Crippen LogP contribution in [0, 0.1) is 5.92 Å². The molecule has 0 spiro atoms. The average molecular weight is 277 g/mol. The zero-order chi connectivity index (χ0) is 13.2. The molecule has 1 atom stereocenters. The summed E-state index contributed by atoms with van der Waals surface area (Å²) in [4.78, 5) is 15.9. The van der Waals surface area contributed by atoms with E-state index in [1.54, 1.807) is 22.8 Å². The number of aromatic nitrogens is 3. The zero-order valence-corrected chi connectivity index (χ0v) is 11.5. The van der Waals surface area contributed by atoms with Crippen LogP contribution >= 0.6 is 11.8 Å². The van der Waals surface area contributed by atoms with Crippen molar-refractivity contribution in [3.05, 3.63) is 29.7 Å². The van der Waals surface area contributed by atoms with Crippen LogP contribution < -0.4 is 0 Å². The summed E-state index contributed by atoms with van der Waals surface area (Å²) in [6.07, 6.45) is 3.91. The molecule has 3 heterocycles. The zero-order valence-electron chi connectivity index (χ0n) is 10.7. The number of rotatable bonds is 3. The number of fused-ring (bicyclic) bond motifs is 1. The van der Waals surface area contributed by atoms with Crippen molar-refractivity contribution in [2.45, 2.75) is 12.8 Å². The highest BCUT2D eigenvalue weighted by Gasteiger charge is 2.18. The van der Waals surface area contributed by atoms with Crippen molar-refractivity contribution < 1.29 is 9.53 Å². The molecule has 2 aromatic heterocycles. The molecule has 1 unspecified atom stereocenters. The quantitative estimate of drug-likeness (QED) is 0.801. The summed E-state index contributed by atoms with van der Waals surface area (Å²) in [6.45, 7) is 0. The smallest absolute Gasteiger partial charge is 0.338 e. The van der Waals surface area contributed by atoms with Gasteiger partial charge < -0.3 is 4.74 Å². The summed E-state index contributed by atoms with van der Waals surface area (Å²) in [5.41, 5.74) is 1.20. The van der Waals surface area contributed by atoms with Crippen LogP contribution in [-0.2, 0) is 11.2 Å². The summed E-state index contributed by atoms with van der Waals surface area (Å²) >= 11 is 1.99. The lowest BCUT2D eigenvalue weighted by Gasteiger charge is -2.02. The molecule has 1 aliphatic rings. The fourth-order valence-electron chi connectivity index (χ4n) is 2.26. The van der Waals surface area contributed by atoms with E-state index in [9.17, 15) is 4.79 Å². The van der Waals surface area contributed by atoms with E-state index < -0.39 is 0 Å². The van der Waals surface area contributed by atoms with E-state index in [0.29, 0.717) is 17.1 Å². The standard InChI is InChI=1S/C13H15N3O2S/c1-18-13(17)10-2-4-16-12(7-10)14-11(15-16)6-9-3-5-19-8-9/h2,4,7,9H,3,5-6,8H2,1H3. The Balaban J connectivity index is 1.85. The van der Waals surface area contributed by atoms with Gasteiger partial charge in [-0.15, -0.1) is 0 Å². The number of carbonyl (C=O) groups is 1. The minimum Gasteiger partial charge on any atom is -0.465 e. The predicted octanol–water partition coefficient (Wildman–Crippen LogP) is 1.81. The first-order chi connectivity index (χ1) is 9.26. The highest BCUT2D eigenvalue weighted by atomic mass is 32.2. The third-order valence-electron chi connectivity index (χ3n) is 3.30. The number of carbonyl (C=O) groups excluding carboxylic acids is 1. The van der Waals surface area contributed by atoms with E-state index in [0.717, 1.165) is 12.2 Å². The van der Waals surface area contributed by atoms with Crippen molar-refractivity contribution >= 4 is 23.4 Å². The Bertz CT molecular complexity index is 605. The Morgan fingerprint density at radius 1 is 1.63 bits per heavy atom. The molecule has 0 saturated carbocycles. The lowest BCUT2D eigenvalue weighted by Crippen LogP contribution is -2.04. The van der Waals surface area contributed by atoms with E-state index >= 15 is 0 Å². The van der Waals surface area contributed by atoms with Gasteiger partial charge in [0.15, 0.2) is 11.5 Å². The van der Waals surface area contributed by atoms with Crippen molar-refractivity contribution in [3.8, 4) is 0 Å². The van der Waals surface area contributed by atoms with Crippen molar-refractivity contribution in [1.82, 2.24) is 14.6 Å². The normalized spacial score (nSPS) is 18.9. The largest absolute Gasteiger partial charge is 0.465 e. The molecule has 100 valence electrons. The topological polar surface area (TPSA) is 56.5 Å². The molecular formula is C13H15N3O2S. The van der Waals surface area contributed by atoms with Crippen molar-refractivity contribution in [2.75, 3.05) is 18.6 Å². The highest BCUT2D eigenvalue weighted by Crippen LogP contribution is 2.25. The molecule has 19 heavy (non-hydrogen) atoms. The highest BCUT2D eigenvalue weighted by molar-refractivity contribution is 7.99. The first-order valence-corrected chi connectivity index (χ1v) is 7.43. The average Bonchev–Trinajstić information content (AvgIpc) is 3.05. The Morgan fingerprint density at radius 3 is 3.26 bits per heavy atom. The van der Waals surface area contributed by atoms with Crippen LogP contribution in [0.5, 0.6) is 0 Å². The summed E-state index contributed by atoms with van der Waals surface area (Å²) in [7, 11) is 1.37. The SMILES string of the molecule is COC(=O)c1ccn2nc(CC3CCSC3)nc2c1. The fourth-order valence-corrected chi connectivity index (χ4v) is 3.55. The summed E-state index contributed by atoms with van der Waals surface area (Å²) in [6, 6.07) is 3.41. The lowest BCUT2D eigenvalue weighted by molar-refractivity contribution is 0.0600. The molecule has 0 amide bonds. The van der Waals surface area contributed by atoms with Gasteiger partial charge in [-0.1, -0.05) is 0 Å². The fraction of sp³-hybridized carbons (Fsp3) is 0.462. The number of hydrogen-bond donors (Lipinski definition) is 0. The number of hydrogen-bond acceptors (Lipinski definition) is 5. The molecule has 1 aliphatic heterocycles. The van der Waals surface area contributed by atoms with Gasteiger partial charge in [0.05, 0.1) is 12.7 Å². The van der Waals surface area contributed by atoms with Crippen LogP contribution in [0.4, 0.5) is 0 Å². The molecule has 1 fully saturated rings. The van der Waals surface area contributed by atoms with Crippen LogP contribution in [0.25, 0.3) is 5.65 Å². The monoisotopic (exact) mass is 277 g/mol. The molecule has 2 aromatic rings. The van der Waals surface area contributed by atoms with Gasteiger partial charge in [0.25, 0.3) is 0 Å². The Labute approximate surface area is 115 Å². The van der Waals surface area contributed by atoms with Crippen molar-refractivity contribution in [1.29, 1.82) is 0 Å². The minimum absolute atomic E-state index is 0.348. The number of pyridine rings is 1. The van der Waals surface area contributed by atoms with Crippen molar-refractivity contribution in [2.24, 2.45) is 5.92 Å². The third kappa shape index (κ3) is 2.58. The van der Waals surface area contributed by atoms with Crippen LogP contribution in [-0.4, -0.2) is 39.2 Å². The molecule has 0 N–H and O–H groups in total. The van der Waals surface area contributed by atoms with Crippen LogP contribution in [0.3, 0.4) is 0 Å². The molecule has 0 aromatic carbocycles. The number of esters is 1. The summed E-state index contributed by atoms with van der Waals surface area (Å²) < 4.78 is 6.41. The van der Waals surface area contributed by atoms with Crippen LogP contribution in [0.1, 0.15) is 22.6 Å². The van der Waals surface area contributed by atoms with Gasteiger partial charge in [0.2, 0.25) is 0 Å². The van der Waals surface area contributed by atoms with E-state index in [1.165, 1.54) is 25.0 Å². The third-order valence-corrected chi connectivity index (χ3v) is 4.53. The predicted molar refractivity (Wildman–Crippen MR) is 73.5 cm³/mol. The van der Waals surface area contributed by atoms with Gasteiger partial charge >= 0.3 is 5.97 Å². The first-order valence-electron chi connectivity index (χ1n) is 6.27. The summed E-state index contributed by atoms with van der Waals surface area (Å²) in [5, 5.41) is 4.45. The molecule has 1 saturated heterocycles. The maximum absolute atomic E-state index is 11.5. The van der Waals surface area contributed by atoms with Gasteiger partial charge in [0, 0.05) is 12.6 Å². The van der Waals surface area contributed by atoms with Gasteiger partial charge in [-0.05, 0) is 36.0 Å². The van der Waals surface area contributed by atoms with E-state index in [4.69, 9.17) is 4.74 Å². The minimum atomic E-state index is -0.348. The molecule has 0 radical (unpaired) electrons. The Kier molecular flexibility index (Phi) is 3.42. The van der Waals surface area contributed by atoms with Crippen LogP contribution in [0.2, 0.25) is 0 Å². The maximum atomic E-state index is 11.5. The molecule has 0 aliphatic carbocycles. The lowest BCUT2D eigenvalue weighted by atomic mass is 10.1. The molecule has 5 nitrogen and oxygen atoms in total. The van der Waals surface area contributed by atoms with Gasteiger partial charge in [-0.2, -0.15) is 16.9 Å². The molecule has 0 bridgehead atoms. The number of methoxy groups -OCH3 is 1. The number of nitrogens with zero attached hydrogens (tertiary/aromatic N) is 3. The van der Waals surface area contributed by atoms with Gasteiger partial charge in [0.1, 0.15) is 0 Å². The van der Waals surface area contributed by atoms with Crippen LogP contribution in [0.15, 0.2) is 18.3 Å². The van der Waals surface area contributed by atoms with E-state index in [-0.39, 0.29) is 5.97 Å². The van der Waals surface area contributed by atoms with Gasteiger partial charge in [-0.25, -0.2) is 14.3 Å². The second-order valence-corrected chi connectivity index (χ2v) is 5.82. The van der Waals surface area contributed by atoms with Gasteiger partial charge in [-0.3, -0.25) is 0 Å².